The third-order valence-electron chi connectivity index (χ3n) is 10.8. The molecule has 0 radical (unpaired) electrons. The van der Waals surface area contributed by atoms with Crippen LogP contribution in [0.25, 0.3) is 0 Å². The predicted molar refractivity (Wildman–Crippen MR) is 122 cm³/mol. The van der Waals surface area contributed by atoms with Gasteiger partial charge in [-0.3, -0.25) is 0 Å². The van der Waals surface area contributed by atoms with Crippen LogP contribution < -0.4 is 0 Å². The fourth-order valence-corrected chi connectivity index (χ4v) is 8.71. The molecule has 0 aromatic carbocycles. The van der Waals surface area contributed by atoms with Crippen LogP contribution in [0.15, 0.2) is 0 Å². The molecular formula is C28H50. The van der Waals surface area contributed by atoms with E-state index in [0.717, 1.165) is 29.6 Å². The van der Waals surface area contributed by atoms with Crippen LogP contribution in [0.2, 0.25) is 0 Å². The van der Waals surface area contributed by atoms with E-state index in [1.807, 2.05) is 0 Å². The summed E-state index contributed by atoms with van der Waals surface area (Å²) in [5.74, 6) is 5.21. The molecule has 4 aliphatic carbocycles. The molecule has 0 aliphatic heterocycles. The van der Waals surface area contributed by atoms with Crippen LogP contribution in [0.1, 0.15) is 136 Å². The summed E-state index contributed by atoms with van der Waals surface area (Å²) >= 11 is 0. The van der Waals surface area contributed by atoms with Gasteiger partial charge in [-0.15, -0.1) is 0 Å². The Balaban J connectivity index is 1.56. The molecule has 0 heterocycles. The van der Waals surface area contributed by atoms with Gasteiger partial charge >= 0.3 is 0 Å². The van der Waals surface area contributed by atoms with Crippen molar-refractivity contribution in [3.8, 4) is 0 Å². The molecule has 0 N–H and O–H groups in total. The molecule has 0 heteroatoms. The SMILES string of the molecule is CC(CC(C1CCCC2CCCCC21)C1(C)CCCCC1)C1(C)CCCCC1. The predicted octanol–water partition coefficient (Wildman–Crippen LogP) is 9.18. The van der Waals surface area contributed by atoms with E-state index in [1.165, 1.54) is 77.0 Å². The maximum absolute atomic E-state index is 2.75. The van der Waals surface area contributed by atoms with E-state index in [4.69, 9.17) is 0 Å². The monoisotopic (exact) mass is 386 g/mol. The van der Waals surface area contributed by atoms with Crippen LogP contribution in [0.3, 0.4) is 0 Å². The molecule has 4 fully saturated rings. The highest BCUT2D eigenvalue weighted by Crippen LogP contribution is 2.57. The van der Waals surface area contributed by atoms with Crippen molar-refractivity contribution in [1.29, 1.82) is 0 Å². The average molecular weight is 387 g/mol. The molecule has 5 unspecified atom stereocenters. The molecule has 0 amide bonds. The van der Waals surface area contributed by atoms with Crippen LogP contribution >= 0.6 is 0 Å². The van der Waals surface area contributed by atoms with E-state index in [9.17, 15) is 0 Å². The zero-order valence-corrected chi connectivity index (χ0v) is 19.6. The maximum Gasteiger partial charge on any atom is -0.0295 e. The normalized spacial score (nSPS) is 37.6. The summed E-state index contributed by atoms with van der Waals surface area (Å²) in [6.45, 7) is 8.09. The minimum absolute atomic E-state index is 0.641. The lowest BCUT2D eigenvalue weighted by Gasteiger charge is -2.53. The average Bonchev–Trinajstić information content (AvgIpc) is 2.72. The van der Waals surface area contributed by atoms with Gasteiger partial charge in [0.25, 0.3) is 0 Å². The molecule has 4 saturated carbocycles. The fourth-order valence-electron chi connectivity index (χ4n) is 8.71. The van der Waals surface area contributed by atoms with Crippen molar-refractivity contribution in [2.75, 3.05) is 0 Å². The summed E-state index contributed by atoms with van der Waals surface area (Å²) in [6, 6.07) is 0. The third kappa shape index (κ3) is 4.37. The summed E-state index contributed by atoms with van der Waals surface area (Å²) in [5.41, 5.74) is 1.30. The van der Waals surface area contributed by atoms with Crippen molar-refractivity contribution in [1.82, 2.24) is 0 Å². The summed E-state index contributed by atoms with van der Waals surface area (Å²) in [5, 5.41) is 0. The van der Waals surface area contributed by atoms with Crippen molar-refractivity contribution in [2.45, 2.75) is 136 Å². The molecule has 0 nitrogen and oxygen atoms in total. The Morgan fingerprint density at radius 1 is 0.643 bits per heavy atom. The molecule has 28 heavy (non-hydrogen) atoms. The molecule has 162 valence electrons. The van der Waals surface area contributed by atoms with Crippen molar-refractivity contribution < 1.29 is 0 Å². The van der Waals surface area contributed by atoms with E-state index in [1.54, 1.807) is 38.5 Å². The van der Waals surface area contributed by atoms with Crippen molar-refractivity contribution >= 4 is 0 Å². The van der Waals surface area contributed by atoms with Crippen LogP contribution in [-0.4, -0.2) is 0 Å². The highest BCUT2D eigenvalue weighted by molar-refractivity contribution is 4.97. The minimum Gasteiger partial charge on any atom is -0.0620 e. The summed E-state index contributed by atoms with van der Waals surface area (Å²) in [7, 11) is 0. The summed E-state index contributed by atoms with van der Waals surface area (Å²) in [6.07, 6.45) is 27.6. The fraction of sp³-hybridized carbons (Fsp3) is 1.00. The zero-order chi connectivity index (χ0) is 19.6. The highest BCUT2D eigenvalue weighted by Gasteiger charge is 2.47. The van der Waals surface area contributed by atoms with Gasteiger partial charge in [0.2, 0.25) is 0 Å². The van der Waals surface area contributed by atoms with Gasteiger partial charge in [0, 0.05) is 0 Å². The van der Waals surface area contributed by atoms with E-state index in [0.29, 0.717) is 10.8 Å². The number of hydrogen-bond acceptors (Lipinski definition) is 0. The van der Waals surface area contributed by atoms with E-state index >= 15 is 0 Å². The smallest absolute Gasteiger partial charge is 0.0295 e. The van der Waals surface area contributed by atoms with Crippen LogP contribution in [-0.2, 0) is 0 Å². The minimum atomic E-state index is 0.641. The molecule has 4 aliphatic rings. The van der Waals surface area contributed by atoms with E-state index in [-0.39, 0.29) is 0 Å². The molecule has 4 rings (SSSR count). The van der Waals surface area contributed by atoms with Crippen molar-refractivity contribution in [3.05, 3.63) is 0 Å². The Kier molecular flexibility index (Phi) is 6.84. The van der Waals surface area contributed by atoms with Crippen molar-refractivity contribution in [3.63, 3.8) is 0 Å². The first kappa shape index (κ1) is 21.2. The second-order valence-corrected chi connectivity index (χ2v) is 12.5. The lowest BCUT2D eigenvalue weighted by Crippen LogP contribution is -2.44. The van der Waals surface area contributed by atoms with Gasteiger partial charge in [-0.2, -0.15) is 0 Å². The van der Waals surface area contributed by atoms with Crippen LogP contribution in [0, 0.1) is 40.4 Å². The molecule has 0 aromatic heterocycles. The molecular weight excluding hydrogens is 336 g/mol. The molecule has 5 atom stereocenters. The molecule has 0 aromatic rings. The Hall–Kier alpha value is 0. The molecule has 0 bridgehead atoms. The second-order valence-electron chi connectivity index (χ2n) is 12.5. The number of rotatable bonds is 5. The Bertz CT molecular complexity index is 476. The van der Waals surface area contributed by atoms with Gasteiger partial charge in [0.1, 0.15) is 0 Å². The largest absolute Gasteiger partial charge is 0.0620 e. The Labute approximate surface area is 177 Å². The van der Waals surface area contributed by atoms with Gasteiger partial charge in [-0.25, -0.2) is 0 Å². The Morgan fingerprint density at radius 2 is 1.21 bits per heavy atom. The maximum atomic E-state index is 2.75. The lowest BCUT2D eigenvalue weighted by molar-refractivity contribution is -0.0347. The van der Waals surface area contributed by atoms with Gasteiger partial charge in [0.05, 0.1) is 0 Å². The van der Waals surface area contributed by atoms with Gasteiger partial charge in [-0.1, -0.05) is 91.4 Å². The standard InChI is InChI=1S/C28H50/c1-22(27(2)17-8-4-9-18-27)21-26(28(3)19-10-5-11-20-28)25-16-12-14-23-13-6-7-15-24(23)25/h22-26H,4-21H2,1-3H3. The van der Waals surface area contributed by atoms with Crippen molar-refractivity contribution in [2.24, 2.45) is 40.4 Å². The Morgan fingerprint density at radius 3 is 1.89 bits per heavy atom. The lowest BCUT2D eigenvalue weighted by atomic mass is 9.52. The first-order valence-corrected chi connectivity index (χ1v) is 13.5. The zero-order valence-electron chi connectivity index (χ0n) is 19.6. The first-order valence-electron chi connectivity index (χ1n) is 13.5. The second kappa shape index (κ2) is 9.01. The van der Waals surface area contributed by atoms with Gasteiger partial charge < -0.3 is 0 Å². The van der Waals surface area contributed by atoms with E-state index < -0.39 is 0 Å². The van der Waals surface area contributed by atoms with Crippen LogP contribution in [0.5, 0.6) is 0 Å². The summed E-state index contributed by atoms with van der Waals surface area (Å²) in [4.78, 5) is 0. The van der Waals surface area contributed by atoms with E-state index in [2.05, 4.69) is 20.8 Å². The van der Waals surface area contributed by atoms with Gasteiger partial charge in [-0.05, 0) is 85.4 Å². The van der Waals surface area contributed by atoms with Crippen LogP contribution in [0.4, 0.5) is 0 Å². The first-order chi connectivity index (χ1) is 13.5. The topological polar surface area (TPSA) is 0 Å². The molecule has 0 saturated heterocycles. The number of fused-ring (bicyclic) bond motifs is 1. The molecule has 0 spiro atoms. The third-order valence-corrected chi connectivity index (χ3v) is 10.8. The highest BCUT2D eigenvalue weighted by atomic mass is 14.5. The van der Waals surface area contributed by atoms with Gasteiger partial charge in [0.15, 0.2) is 0 Å². The summed E-state index contributed by atoms with van der Waals surface area (Å²) < 4.78 is 0. The number of hydrogen-bond donors (Lipinski definition) is 0. The quantitative estimate of drug-likeness (QED) is 0.441.